The van der Waals surface area contributed by atoms with Gasteiger partial charge in [-0.05, 0) is 31.7 Å². The summed E-state index contributed by atoms with van der Waals surface area (Å²) in [7, 11) is 0. The maximum Gasteiger partial charge on any atom is 0.325 e. The predicted octanol–water partition coefficient (Wildman–Crippen LogP) is 2.29. The maximum absolute atomic E-state index is 11.6. The minimum absolute atomic E-state index is 0.312. The second-order valence-electron chi connectivity index (χ2n) is 4.50. The van der Waals surface area contributed by atoms with Gasteiger partial charge in [0.25, 0.3) is 0 Å². The van der Waals surface area contributed by atoms with Crippen molar-refractivity contribution in [1.82, 2.24) is 0 Å². The minimum Gasteiger partial charge on any atom is -0.464 e. The third-order valence-corrected chi connectivity index (χ3v) is 2.89. The van der Waals surface area contributed by atoms with E-state index < -0.39 is 5.54 Å². The first-order chi connectivity index (χ1) is 8.06. The van der Waals surface area contributed by atoms with E-state index in [0.29, 0.717) is 13.0 Å². The molecular formula is C14H21NO2. The van der Waals surface area contributed by atoms with Crippen molar-refractivity contribution in [1.29, 1.82) is 0 Å². The first-order valence-corrected chi connectivity index (χ1v) is 6.06. The van der Waals surface area contributed by atoms with Crippen LogP contribution in [-0.4, -0.2) is 18.1 Å². The Balaban J connectivity index is 2.23. The van der Waals surface area contributed by atoms with Crippen LogP contribution < -0.4 is 5.73 Å². The fraction of sp³-hybridized carbons (Fsp3) is 0.500. The van der Waals surface area contributed by atoms with Gasteiger partial charge in [0.15, 0.2) is 0 Å². The van der Waals surface area contributed by atoms with Crippen LogP contribution in [0.2, 0.25) is 0 Å². The van der Waals surface area contributed by atoms with Crippen molar-refractivity contribution in [2.45, 2.75) is 38.6 Å². The van der Waals surface area contributed by atoms with Crippen LogP contribution in [0.3, 0.4) is 0 Å². The summed E-state index contributed by atoms with van der Waals surface area (Å²) in [6.07, 6.45) is 2.33. The molecule has 1 rings (SSSR count). The van der Waals surface area contributed by atoms with Crippen LogP contribution >= 0.6 is 0 Å². The Hall–Kier alpha value is -1.35. The van der Waals surface area contributed by atoms with E-state index in [1.807, 2.05) is 25.1 Å². The number of carbonyl (C=O) groups excluding carboxylic acids is 1. The van der Waals surface area contributed by atoms with Crippen LogP contribution in [0.1, 0.15) is 32.3 Å². The van der Waals surface area contributed by atoms with Gasteiger partial charge in [-0.3, -0.25) is 4.79 Å². The molecule has 1 aromatic carbocycles. The molecule has 17 heavy (non-hydrogen) atoms. The first-order valence-electron chi connectivity index (χ1n) is 6.06. The molecule has 0 amide bonds. The third-order valence-electron chi connectivity index (χ3n) is 2.89. The van der Waals surface area contributed by atoms with Crippen molar-refractivity contribution >= 4 is 5.97 Å². The lowest BCUT2D eigenvalue weighted by Gasteiger charge is -2.20. The Bertz CT molecular complexity index is 346. The summed E-state index contributed by atoms with van der Waals surface area (Å²) in [5.74, 6) is -0.312. The fourth-order valence-electron chi connectivity index (χ4n) is 1.40. The molecule has 1 unspecified atom stereocenters. The molecule has 0 aliphatic heterocycles. The van der Waals surface area contributed by atoms with E-state index in [4.69, 9.17) is 10.5 Å². The highest BCUT2D eigenvalue weighted by molar-refractivity contribution is 5.79. The standard InChI is InChI=1S/C14H21NO2/c1-3-14(2,15)13(16)17-11-7-10-12-8-5-4-6-9-12/h4-6,8-9H,3,7,10-11,15H2,1-2H3. The quantitative estimate of drug-likeness (QED) is 0.608. The van der Waals surface area contributed by atoms with Crippen LogP contribution in [0, 0.1) is 0 Å². The van der Waals surface area contributed by atoms with Gasteiger partial charge < -0.3 is 10.5 Å². The zero-order chi connectivity index (χ0) is 12.7. The van der Waals surface area contributed by atoms with Crippen molar-refractivity contribution in [2.75, 3.05) is 6.61 Å². The Morgan fingerprint density at radius 3 is 2.59 bits per heavy atom. The summed E-state index contributed by atoms with van der Waals surface area (Å²) in [6.45, 7) is 4.01. The summed E-state index contributed by atoms with van der Waals surface area (Å²) in [5.41, 5.74) is 6.18. The Morgan fingerprint density at radius 2 is 2.00 bits per heavy atom. The zero-order valence-electron chi connectivity index (χ0n) is 10.6. The summed E-state index contributed by atoms with van der Waals surface area (Å²) in [4.78, 5) is 11.6. The zero-order valence-corrected chi connectivity index (χ0v) is 10.6. The highest BCUT2D eigenvalue weighted by atomic mass is 16.5. The van der Waals surface area contributed by atoms with Gasteiger partial charge in [-0.2, -0.15) is 0 Å². The molecule has 1 atom stereocenters. The molecule has 1 aromatic rings. The molecule has 0 heterocycles. The van der Waals surface area contributed by atoms with E-state index in [1.54, 1.807) is 6.92 Å². The van der Waals surface area contributed by atoms with Crippen molar-refractivity contribution < 1.29 is 9.53 Å². The van der Waals surface area contributed by atoms with Gasteiger partial charge in [0.1, 0.15) is 5.54 Å². The molecule has 0 fully saturated rings. The van der Waals surface area contributed by atoms with Crippen LogP contribution in [-0.2, 0) is 16.0 Å². The van der Waals surface area contributed by atoms with Crippen LogP contribution in [0.5, 0.6) is 0 Å². The van der Waals surface area contributed by atoms with E-state index in [1.165, 1.54) is 5.56 Å². The van der Waals surface area contributed by atoms with Crippen LogP contribution in [0.15, 0.2) is 30.3 Å². The third kappa shape index (κ3) is 4.57. The lowest BCUT2D eigenvalue weighted by molar-refractivity contribution is -0.149. The number of carbonyl (C=O) groups is 1. The van der Waals surface area contributed by atoms with Gasteiger partial charge >= 0.3 is 5.97 Å². The van der Waals surface area contributed by atoms with Crippen molar-refractivity contribution in [2.24, 2.45) is 5.73 Å². The van der Waals surface area contributed by atoms with Gasteiger partial charge in [0.2, 0.25) is 0 Å². The van der Waals surface area contributed by atoms with E-state index in [0.717, 1.165) is 12.8 Å². The number of aryl methyl sites for hydroxylation is 1. The lowest BCUT2D eigenvalue weighted by Crippen LogP contribution is -2.45. The average molecular weight is 235 g/mol. The smallest absolute Gasteiger partial charge is 0.325 e. The SMILES string of the molecule is CCC(C)(N)C(=O)OCCCc1ccccc1. The number of hydrogen-bond donors (Lipinski definition) is 1. The van der Waals surface area contributed by atoms with E-state index in [2.05, 4.69) is 12.1 Å². The Morgan fingerprint density at radius 1 is 1.35 bits per heavy atom. The summed E-state index contributed by atoms with van der Waals surface area (Å²) < 4.78 is 5.16. The van der Waals surface area contributed by atoms with Crippen molar-refractivity contribution in [3.8, 4) is 0 Å². The number of hydrogen-bond acceptors (Lipinski definition) is 3. The normalized spacial score (nSPS) is 14.1. The topological polar surface area (TPSA) is 52.3 Å². The van der Waals surface area contributed by atoms with Crippen LogP contribution in [0.4, 0.5) is 0 Å². The predicted molar refractivity (Wildman–Crippen MR) is 68.6 cm³/mol. The number of nitrogens with two attached hydrogens (primary N) is 1. The molecule has 0 aromatic heterocycles. The summed E-state index contributed by atoms with van der Waals surface area (Å²) >= 11 is 0. The highest BCUT2D eigenvalue weighted by Crippen LogP contribution is 2.08. The van der Waals surface area contributed by atoms with E-state index >= 15 is 0 Å². The first kappa shape index (κ1) is 13.7. The molecule has 3 heteroatoms. The number of ether oxygens (including phenoxy) is 1. The van der Waals surface area contributed by atoms with Crippen molar-refractivity contribution in [3.05, 3.63) is 35.9 Å². The molecule has 0 saturated carbocycles. The van der Waals surface area contributed by atoms with E-state index in [-0.39, 0.29) is 5.97 Å². The summed E-state index contributed by atoms with van der Waals surface area (Å²) in [6, 6.07) is 10.2. The molecule has 0 saturated heterocycles. The largest absolute Gasteiger partial charge is 0.464 e. The Labute approximate surface area is 103 Å². The molecule has 0 bridgehead atoms. The highest BCUT2D eigenvalue weighted by Gasteiger charge is 2.27. The molecule has 2 N–H and O–H groups in total. The fourth-order valence-corrected chi connectivity index (χ4v) is 1.40. The molecule has 0 radical (unpaired) electrons. The molecule has 0 aliphatic carbocycles. The van der Waals surface area contributed by atoms with Gasteiger partial charge in [-0.15, -0.1) is 0 Å². The monoisotopic (exact) mass is 235 g/mol. The average Bonchev–Trinajstić information content (AvgIpc) is 2.35. The minimum atomic E-state index is -0.854. The van der Waals surface area contributed by atoms with E-state index in [9.17, 15) is 4.79 Å². The summed E-state index contributed by atoms with van der Waals surface area (Å²) in [5, 5.41) is 0. The van der Waals surface area contributed by atoms with Gasteiger partial charge in [-0.25, -0.2) is 0 Å². The Kier molecular flexibility index (Phi) is 5.16. The number of rotatable bonds is 6. The molecule has 3 nitrogen and oxygen atoms in total. The molecule has 94 valence electrons. The second-order valence-corrected chi connectivity index (χ2v) is 4.50. The van der Waals surface area contributed by atoms with Gasteiger partial charge in [-0.1, -0.05) is 37.3 Å². The second kappa shape index (κ2) is 6.40. The number of benzene rings is 1. The van der Waals surface area contributed by atoms with Crippen LogP contribution in [0.25, 0.3) is 0 Å². The molecule has 0 aliphatic rings. The van der Waals surface area contributed by atoms with Gasteiger partial charge in [0, 0.05) is 0 Å². The lowest BCUT2D eigenvalue weighted by atomic mass is 10.0. The maximum atomic E-state index is 11.6. The van der Waals surface area contributed by atoms with Gasteiger partial charge in [0.05, 0.1) is 6.61 Å². The molecule has 0 spiro atoms. The molecular weight excluding hydrogens is 214 g/mol. The van der Waals surface area contributed by atoms with Crippen molar-refractivity contribution in [3.63, 3.8) is 0 Å². The number of esters is 1.